The largest absolute Gasteiger partial charge is 0.504 e. The minimum Gasteiger partial charge on any atom is -0.504 e. The second-order valence-corrected chi connectivity index (χ2v) is 9.15. The molecule has 2 aromatic carbocycles. The summed E-state index contributed by atoms with van der Waals surface area (Å²) in [7, 11) is -4.44. The highest BCUT2D eigenvalue weighted by atomic mass is 32.2. The smallest absolute Gasteiger partial charge is 0.307 e. The van der Waals surface area contributed by atoms with E-state index in [-0.39, 0.29) is 29.8 Å². The lowest BCUT2D eigenvalue weighted by atomic mass is 9.83. The van der Waals surface area contributed by atoms with Crippen molar-refractivity contribution in [2.24, 2.45) is 5.92 Å². The van der Waals surface area contributed by atoms with Crippen LogP contribution in [0.25, 0.3) is 0 Å². The summed E-state index contributed by atoms with van der Waals surface area (Å²) in [6, 6.07) is 6.78. The molecule has 1 heterocycles. The number of piperidine rings is 1. The SMILES string of the molecule is O=C1c2ccccc2C(=O)c2c1cc(S(=O)(=O)N1CCCC(C(=O)O)C1)c(O)c2O. The summed E-state index contributed by atoms with van der Waals surface area (Å²) in [5.74, 6) is -5.45. The number of nitrogens with zero attached hydrogens (tertiary/aromatic N) is 1. The number of fused-ring (bicyclic) bond motifs is 2. The molecule has 3 N–H and O–H groups in total. The van der Waals surface area contributed by atoms with Gasteiger partial charge in [-0.05, 0) is 18.9 Å². The first-order valence-electron chi connectivity index (χ1n) is 9.15. The van der Waals surface area contributed by atoms with E-state index in [1.54, 1.807) is 12.1 Å². The quantitative estimate of drug-likeness (QED) is 0.526. The van der Waals surface area contributed by atoms with E-state index in [4.69, 9.17) is 0 Å². The van der Waals surface area contributed by atoms with Crippen LogP contribution in [0.3, 0.4) is 0 Å². The van der Waals surface area contributed by atoms with Crippen LogP contribution in [0.4, 0.5) is 0 Å². The van der Waals surface area contributed by atoms with Crippen molar-refractivity contribution >= 4 is 27.6 Å². The molecule has 2 aliphatic rings. The number of carboxylic acid groups (broad SMARTS) is 1. The minimum atomic E-state index is -4.44. The topological polar surface area (TPSA) is 149 Å². The normalized spacial score (nSPS) is 19.3. The van der Waals surface area contributed by atoms with Gasteiger partial charge >= 0.3 is 5.97 Å². The van der Waals surface area contributed by atoms with Crippen LogP contribution in [0.1, 0.15) is 44.7 Å². The minimum absolute atomic E-state index is 0.0269. The highest BCUT2D eigenvalue weighted by molar-refractivity contribution is 7.89. The van der Waals surface area contributed by atoms with E-state index in [0.717, 1.165) is 10.4 Å². The first kappa shape index (κ1) is 20.0. The average Bonchev–Trinajstić information content (AvgIpc) is 2.73. The molecule has 30 heavy (non-hydrogen) atoms. The van der Waals surface area contributed by atoms with Gasteiger partial charge in [-0.25, -0.2) is 8.42 Å². The molecule has 1 unspecified atom stereocenters. The van der Waals surface area contributed by atoms with Crippen molar-refractivity contribution in [3.63, 3.8) is 0 Å². The number of carbonyl (C=O) groups excluding carboxylic acids is 2. The molecule has 9 nitrogen and oxygen atoms in total. The van der Waals surface area contributed by atoms with Crippen molar-refractivity contribution in [3.8, 4) is 11.5 Å². The summed E-state index contributed by atoms with van der Waals surface area (Å²) < 4.78 is 27.1. The number of ketones is 2. The van der Waals surface area contributed by atoms with Crippen molar-refractivity contribution in [1.29, 1.82) is 0 Å². The molecule has 0 amide bonds. The van der Waals surface area contributed by atoms with Gasteiger partial charge in [-0.3, -0.25) is 14.4 Å². The van der Waals surface area contributed by atoms with Crippen LogP contribution < -0.4 is 0 Å². The average molecular weight is 431 g/mol. The molecule has 10 heteroatoms. The van der Waals surface area contributed by atoms with Crippen LogP contribution in [0, 0.1) is 5.92 Å². The Morgan fingerprint density at radius 3 is 2.27 bits per heavy atom. The van der Waals surface area contributed by atoms with Crippen molar-refractivity contribution in [2.45, 2.75) is 17.7 Å². The Labute approximate surface area is 171 Å². The molecule has 1 aliphatic heterocycles. The van der Waals surface area contributed by atoms with Gasteiger partial charge in [0.1, 0.15) is 4.90 Å². The summed E-state index contributed by atoms with van der Waals surface area (Å²) in [5.41, 5.74) is -0.690. The number of sulfonamides is 1. The fourth-order valence-corrected chi connectivity index (χ4v) is 5.53. The Bertz CT molecular complexity index is 1220. The van der Waals surface area contributed by atoms with Crippen LogP contribution in [-0.2, 0) is 14.8 Å². The Balaban J connectivity index is 1.85. The van der Waals surface area contributed by atoms with E-state index < -0.39 is 55.4 Å². The van der Waals surface area contributed by atoms with Crippen LogP contribution in [-0.4, -0.2) is 58.7 Å². The molecule has 4 rings (SSSR count). The fraction of sp³-hybridized carbons (Fsp3) is 0.250. The van der Waals surface area contributed by atoms with E-state index in [0.29, 0.717) is 12.8 Å². The molecule has 2 aromatic rings. The lowest BCUT2D eigenvalue weighted by Gasteiger charge is -2.30. The van der Waals surface area contributed by atoms with Gasteiger partial charge < -0.3 is 15.3 Å². The molecule has 1 atom stereocenters. The van der Waals surface area contributed by atoms with Crippen LogP contribution in [0.15, 0.2) is 35.2 Å². The van der Waals surface area contributed by atoms with Crippen molar-refractivity contribution in [1.82, 2.24) is 4.31 Å². The monoisotopic (exact) mass is 431 g/mol. The number of phenolic OH excluding ortho intramolecular Hbond substituents is 2. The Morgan fingerprint density at radius 2 is 1.63 bits per heavy atom. The zero-order chi connectivity index (χ0) is 21.8. The van der Waals surface area contributed by atoms with Gasteiger partial charge in [-0.15, -0.1) is 0 Å². The van der Waals surface area contributed by atoms with E-state index in [1.165, 1.54) is 12.1 Å². The van der Waals surface area contributed by atoms with Gasteiger partial charge in [0.05, 0.1) is 11.5 Å². The standard InChI is InChI=1S/C20H17NO8S/c22-16-11-5-1-2-6-12(11)17(23)15-13(16)8-14(18(24)19(15)25)30(28,29)21-7-3-4-10(9-21)20(26)27/h1-2,5-6,8,10,24-25H,3-4,7,9H2,(H,26,27). The maximum absolute atomic E-state index is 13.1. The van der Waals surface area contributed by atoms with E-state index in [1.807, 2.05) is 0 Å². The van der Waals surface area contributed by atoms with Gasteiger partial charge in [0.15, 0.2) is 23.1 Å². The van der Waals surface area contributed by atoms with E-state index >= 15 is 0 Å². The summed E-state index contributed by atoms with van der Waals surface area (Å²) in [4.78, 5) is 36.2. The predicted octanol–water partition coefficient (Wildman–Crippen LogP) is 1.36. The third-order valence-electron chi connectivity index (χ3n) is 5.48. The van der Waals surface area contributed by atoms with Gasteiger partial charge in [0, 0.05) is 29.8 Å². The third-order valence-corrected chi connectivity index (χ3v) is 7.36. The number of phenols is 2. The molecule has 0 saturated carbocycles. The maximum Gasteiger partial charge on any atom is 0.307 e. The highest BCUT2D eigenvalue weighted by Gasteiger charge is 2.39. The zero-order valence-electron chi connectivity index (χ0n) is 15.5. The number of hydrogen-bond acceptors (Lipinski definition) is 7. The van der Waals surface area contributed by atoms with Crippen molar-refractivity contribution < 1.29 is 38.1 Å². The summed E-state index contributed by atoms with van der Waals surface area (Å²) in [6.07, 6.45) is 0.616. The molecule has 1 saturated heterocycles. The molecule has 0 bridgehead atoms. The molecular formula is C20H17NO8S. The van der Waals surface area contributed by atoms with Crippen LogP contribution in [0.2, 0.25) is 0 Å². The number of carbonyl (C=O) groups is 3. The second-order valence-electron chi connectivity index (χ2n) is 7.24. The summed E-state index contributed by atoms with van der Waals surface area (Å²) in [6.45, 7) is -0.274. The van der Waals surface area contributed by atoms with Crippen LogP contribution >= 0.6 is 0 Å². The Morgan fingerprint density at radius 1 is 1.00 bits per heavy atom. The molecular weight excluding hydrogens is 414 g/mol. The summed E-state index contributed by atoms with van der Waals surface area (Å²) in [5, 5.41) is 30.1. The number of carboxylic acids is 1. The Kier molecular flexibility index (Phi) is 4.63. The first-order chi connectivity index (χ1) is 14.1. The van der Waals surface area contributed by atoms with E-state index in [2.05, 4.69) is 0 Å². The predicted molar refractivity (Wildman–Crippen MR) is 102 cm³/mol. The maximum atomic E-state index is 13.1. The Hall–Kier alpha value is -3.24. The molecule has 0 aromatic heterocycles. The molecule has 156 valence electrons. The van der Waals surface area contributed by atoms with Crippen LogP contribution in [0.5, 0.6) is 11.5 Å². The number of aliphatic carboxylic acids is 1. The number of aromatic hydroxyl groups is 2. The van der Waals surface area contributed by atoms with E-state index in [9.17, 15) is 38.1 Å². The lowest BCUT2D eigenvalue weighted by Crippen LogP contribution is -2.42. The molecule has 0 radical (unpaired) electrons. The van der Waals surface area contributed by atoms with Crippen molar-refractivity contribution in [3.05, 3.63) is 52.6 Å². The van der Waals surface area contributed by atoms with Gasteiger partial charge in [-0.2, -0.15) is 4.31 Å². The zero-order valence-corrected chi connectivity index (χ0v) is 16.3. The lowest BCUT2D eigenvalue weighted by molar-refractivity contribution is -0.142. The van der Waals surface area contributed by atoms with Gasteiger partial charge in [0.2, 0.25) is 10.0 Å². The molecule has 1 aliphatic carbocycles. The highest BCUT2D eigenvalue weighted by Crippen LogP contribution is 2.43. The number of benzene rings is 2. The summed E-state index contributed by atoms with van der Waals surface area (Å²) >= 11 is 0. The number of rotatable bonds is 3. The molecule has 1 fully saturated rings. The van der Waals surface area contributed by atoms with Gasteiger partial charge in [0.25, 0.3) is 0 Å². The fourth-order valence-electron chi connectivity index (χ4n) is 3.90. The first-order valence-corrected chi connectivity index (χ1v) is 10.6. The molecule has 0 spiro atoms. The van der Waals surface area contributed by atoms with Gasteiger partial charge in [-0.1, -0.05) is 24.3 Å². The third kappa shape index (κ3) is 2.87. The number of hydrogen-bond donors (Lipinski definition) is 3. The second kappa shape index (κ2) is 6.92. The van der Waals surface area contributed by atoms with Crippen molar-refractivity contribution in [2.75, 3.05) is 13.1 Å².